The molecule has 4 heteroatoms. The number of nitrogens with zero attached hydrogens (tertiary/aromatic N) is 2. The lowest BCUT2D eigenvalue weighted by atomic mass is 10.1. The Morgan fingerprint density at radius 3 is 2.72 bits per heavy atom. The zero-order valence-corrected chi connectivity index (χ0v) is 12.5. The molecule has 0 radical (unpaired) electrons. The van der Waals surface area contributed by atoms with E-state index in [9.17, 15) is 0 Å². The number of imidazole rings is 1. The molecule has 1 aromatic carbocycles. The molecule has 96 valence electrons. The first-order chi connectivity index (χ1) is 8.46. The van der Waals surface area contributed by atoms with Gasteiger partial charge in [0.05, 0.1) is 12.0 Å². The third kappa shape index (κ3) is 3.43. The van der Waals surface area contributed by atoms with Crippen LogP contribution in [0.5, 0.6) is 0 Å². The molecule has 18 heavy (non-hydrogen) atoms. The predicted octanol–water partition coefficient (Wildman–Crippen LogP) is 3.52. The van der Waals surface area contributed by atoms with Gasteiger partial charge in [-0.1, -0.05) is 22.0 Å². The number of hydrogen-bond acceptors (Lipinski definition) is 2. The van der Waals surface area contributed by atoms with E-state index in [0.717, 1.165) is 16.7 Å². The molecule has 0 atom stereocenters. The molecule has 0 amide bonds. The van der Waals surface area contributed by atoms with Gasteiger partial charge in [0, 0.05) is 29.0 Å². The van der Waals surface area contributed by atoms with Crippen LogP contribution >= 0.6 is 15.9 Å². The number of rotatable bonds is 3. The molecular formula is C14H18BrN3. The highest BCUT2D eigenvalue weighted by atomic mass is 79.9. The van der Waals surface area contributed by atoms with Crippen LogP contribution in [0.4, 0.5) is 0 Å². The van der Waals surface area contributed by atoms with Crippen molar-refractivity contribution < 1.29 is 0 Å². The smallest absolute Gasteiger partial charge is 0.0991 e. The summed E-state index contributed by atoms with van der Waals surface area (Å²) in [7, 11) is 0. The van der Waals surface area contributed by atoms with E-state index in [-0.39, 0.29) is 5.54 Å². The second-order valence-electron chi connectivity index (χ2n) is 5.35. The van der Waals surface area contributed by atoms with Crippen molar-refractivity contribution in [2.75, 3.05) is 0 Å². The maximum absolute atomic E-state index is 4.11. The number of aromatic nitrogens is 2. The number of benzene rings is 1. The van der Waals surface area contributed by atoms with Gasteiger partial charge in [0.25, 0.3) is 0 Å². The monoisotopic (exact) mass is 307 g/mol. The largest absolute Gasteiger partial charge is 0.308 e. The first kappa shape index (κ1) is 13.3. The third-order valence-electron chi connectivity index (χ3n) is 2.64. The highest BCUT2D eigenvalue weighted by molar-refractivity contribution is 9.10. The van der Waals surface area contributed by atoms with E-state index >= 15 is 0 Å². The second kappa shape index (κ2) is 5.24. The van der Waals surface area contributed by atoms with Crippen molar-refractivity contribution >= 4 is 15.9 Å². The molecule has 1 N–H and O–H groups in total. The van der Waals surface area contributed by atoms with Crippen LogP contribution in [0.25, 0.3) is 5.69 Å². The summed E-state index contributed by atoms with van der Waals surface area (Å²) in [5.41, 5.74) is 2.52. The molecule has 0 bridgehead atoms. The van der Waals surface area contributed by atoms with Gasteiger partial charge in [0.15, 0.2) is 0 Å². The van der Waals surface area contributed by atoms with Crippen LogP contribution in [-0.4, -0.2) is 15.1 Å². The summed E-state index contributed by atoms with van der Waals surface area (Å²) in [6, 6.07) is 6.32. The SMILES string of the molecule is CC(C)(C)NCc1ccc(Br)cc1-n1ccnc1. The van der Waals surface area contributed by atoms with Gasteiger partial charge in [-0.25, -0.2) is 4.98 Å². The van der Waals surface area contributed by atoms with Crippen molar-refractivity contribution in [2.45, 2.75) is 32.9 Å². The normalized spacial score (nSPS) is 11.8. The zero-order chi connectivity index (χ0) is 13.2. The lowest BCUT2D eigenvalue weighted by Gasteiger charge is -2.22. The molecule has 2 rings (SSSR count). The van der Waals surface area contributed by atoms with Gasteiger partial charge >= 0.3 is 0 Å². The van der Waals surface area contributed by atoms with Crippen molar-refractivity contribution in [3.05, 3.63) is 47.0 Å². The van der Waals surface area contributed by atoms with E-state index < -0.39 is 0 Å². The Bertz CT molecular complexity index is 512. The summed E-state index contributed by atoms with van der Waals surface area (Å²) in [4.78, 5) is 4.11. The molecule has 0 aliphatic heterocycles. The lowest BCUT2D eigenvalue weighted by Crippen LogP contribution is -2.35. The van der Waals surface area contributed by atoms with Crippen molar-refractivity contribution in [2.24, 2.45) is 0 Å². The molecule has 0 saturated carbocycles. The van der Waals surface area contributed by atoms with Gasteiger partial charge in [-0.05, 0) is 38.5 Å². The van der Waals surface area contributed by atoms with Crippen LogP contribution in [0.15, 0.2) is 41.4 Å². The van der Waals surface area contributed by atoms with Gasteiger partial charge in [-0.15, -0.1) is 0 Å². The van der Waals surface area contributed by atoms with Crippen molar-refractivity contribution in [1.82, 2.24) is 14.9 Å². The quantitative estimate of drug-likeness (QED) is 0.940. The molecule has 1 aromatic heterocycles. The number of nitrogens with one attached hydrogen (secondary N) is 1. The van der Waals surface area contributed by atoms with Crippen molar-refractivity contribution in [3.63, 3.8) is 0 Å². The van der Waals surface area contributed by atoms with E-state index in [4.69, 9.17) is 0 Å². The van der Waals surface area contributed by atoms with Crippen molar-refractivity contribution in [1.29, 1.82) is 0 Å². The van der Waals surface area contributed by atoms with Gasteiger partial charge in [0.1, 0.15) is 0 Å². The summed E-state index contributed by atoms with van der Waals surface area (Å²) in [5, 5.41) is 3.51. The zero-order valence-electron chi connectivity index (χ0n) is 10.9. The van der Waals surface area contributed by atoms with Crippen LogP contribution in [0.3, 0.4) is 0 Å². The number of halogens is 1. The molecule has 0 saturated heterocycles. The minimum Gasteiger partial charge on any atom is -0.308 e. The van der Waals surface area contributed by atoms with Crippen molar-refractivity contribution in [3.8, 4) is 5.69 Å². The predicted molar refractivity (Wildman–Crippen MR) is 77.9 cm³/mol. The summed E-state index contributed by atoms with van der Waals surface area (Å²) in [5.74, 6) is 0. The molecule has 0 unspecified atom stereocenters. The fraction of sp³-hybridized carbons (Fsp3) is 0.357. The molecule has 0 aliphatic carbocycles. The molecule has 0 fully saturated rings. The summed E-state index contributed by atoms with van der Waals surface area (Å²) >= 11 is 3.52. The highest BCUT2D eigenvalue weighted by Gasteiger charge is 2.11. The number of hydrogen-bond donors (Lipinski definition) is 1. The Balaban J connectivity index is 2.30. The topological polar surface area (TPSA) is 29.9 Å². The van der Waals surface area contributed by atoms with Crippen LogP contribution in [0.1, 0.15) is 26.3 Å². The van der Waals surface area contributed by atoms with Gasteiger partial charge < -0.3 is 9.88 Å². The van der Waals surface area contributed by atoms with Gasteiger partial charge in [0.2, 0.25) is 0 Å². The average Bonchev–Trinajstić information content (AvgIpc) is 2.79. The Morgan fingerprint density at radius 2 is 2.11 bits per heavy atom. The van der Waals surface area contributed by atoms with E-state index in [1.165, 1.54) is 5.56 Å². The van der Waals surface area contributed by atoms with Crippen LogP contribution in [0.2, 0.25) is 0 Å². The van der Waals surface area contributed by atoms with E-state index in [2.05, 4.69) is 65.2 Å². The van der Waals surface area contributed by atoms with Crippen LogP contribution < -0.4 is 5.32 Å². The van der Waals surface area contributed by atoms with Crippen LogP contribution in [-0.2, 0) is 6.54 Å². The molecular weight excluding hydrogens is 290 g/mol. The maximum atomic E-state index is 4.11. The summed E-state index contributed by atoms with van der Waals surface area (Å²) < 4.78 is 3.11. The molecule has 1 heterocycles. The Morgan fingerprint density at radius 1 is 1.33 bits per heavy atom. The Labute approximate surface area is 116 Å². The van der Waals surface area contributed by atoms with E-state index in [1.807, 2.05) is 17.1 Å². The molecule has 2 aromatic rings. The standard InChI is InChI=1S/C14H18BrN3/c1-14(2,3)17-9-11-4-5-12(15)8-13(11)18-7-6-16-10-18/h4-8,10,17H,9H2,1-3H3. The summed E-state index contributed by atoms with van der Waals surface area (Å²) in [6.07, 6.45) is 5.58. The summed E-state index contributed by atoms with van der Waals surface area (Å²) in [6.45, 7) is 7.35. The van der Waals surface area contributed by atoms with Gasteiger partial charge in [-0.3, -0.25) is 0 Å². The van der Waals surface area contributed by atoms with Gasteiger partial charge in [-0.2, -0.15) is 0 Å². The highest BCUT2D eigenvalue weighted by Crippen LogP contribution is 2.21. The first-order valence-corrected chi connectivity index (χ1v) is 6.77. The average molecular weight is 308 g/mol. The van der Waals surface area contributed by atoms with E-state index in [0.29, 0.717) is 0 Å². The minimum absolute atomic E-state index is 0.110. The maximum Gasteiger partial charge on any atom is 0.0991 e. The minimum atomic E-state index is 0.110. The molecule has 0 aliphatic rings. The Hall–Kier alpha value is -1.13. The lowest BCUT2D eigenvalue weighted by molar-refractivity contribution is 0.424. The van der Waals surface area contributed by atoms with Crippen LogP contribution in [0, 0.1) is 0 Å². The fourth-order valence-electron chi connectivity index (χ4n) is 1.69. The Kier molecular flexibility index (Phi) is 3.88. The first-order valence-electron chi connectivity index (χ1n) is 5.97. The third-order valence-corrected chi connectivity index (χ3v) is 3.13. The molecule has 3 nitrogen and oxygen atoms in total. The fourth-order valence-corrected chi connectivity index (χ4v) is 2.04. The second-order valence-corrected chi connectivity index (χ2v) is 6.26. The van der Waals surface area contributed by atoms with E-state index in [1.54, 1.807) is 6.20 Å². The molecule has 0 spiro atoms.